The predicted octanol–water partition coefficient (Wildman–Crippen LogP) is 5.17. The smallest absolute Gasteiger partial charge is 0.332 e. The molecule has 2 aromatic heterocycles. The Labute approximate surface area is 182 Å². The molecule has 0 spiro atoms. The van der Waals surface area contributed by atoms with Crippen molar-refractivity contribution in [3.63, 3.8) is 0 Å². The van der Waals surface area contributed by atoms with Crippen molar-refractivity contribution in [3.05, 3.63) is 58.9 Å². The Bertz CT molecular complexity index is 1370. The molecule has 2 aromatic carbocycles. The van der Waals surface area contributed by atoms with E-state index in [2.05, 4.69) is 10.2 Å². The number of carboxylic acid groups (broad SMARTS) is 1. The zero-order chi connectivity index (χ0) is 22.7. The molecule has 4 aromatic rings. The van der Waals surface area contributed by atoms with Crippen LogP contribution < -0.4 is 0 Å². The van der Waals surface area contributed by atoms with Gasteiger partial charge in [-0.05, 0) is 54.7 Å². The molecule has 1 unspecified atom stereocenters. The van der Waals surface area contributed by atoms with Gasteiger partial charge in [0, 0.05) is 28.1 Å². The number of hydrogen-bond acceptors (Lipinski definition) is 3. The van der Waals surface area contributed by atoms with Crippen molar-refractivity contribution in [1.82, 2.24) is 14.8 Å². The summed E-state index contributed by atoms with van der Waals surface area (Å²) in [6.07, 6.45) is 0.904. The Morgan fingerprint density at radius 1 is 1.31 bits per heavy atom. The topological polar surface area (TPSA) is 80.1 Å². The lowest BCUT2D eigenvalue weighted by Gasteiger charge is -2.18. The number of nitrogens with zero attached hydrogens (tertiary/aromatic N) is 2. The fraction of sp³-hybridized carbons (Fsp3) is 0.333. The molecule has 0 bridgehead atoms. The molecule has 5 rings (SSSR count). The number of ether oxygens (including phenoxy) is 1. The highest BCUT2D eigenvalue weighted by Gasteiger charge is 2.37. The zero-order valence-electron chi connectivity index (χ0n) is 17.9. The first-order valence-corrected chi connectivity index (χ1v) is 10.6. The third-order valence-corrected chi connectivity index (χ3v) is 6.31. The maximum Gasteiger partial charge on any atom is 0.332 e. The zero-order valence-corrected chi connectivity index (χ0v) is 17.9. The van der Waals surface area contributed by atoms with E-state index in [1.807, 2.05) is 24.5 Å². The molecule has 0 saturated carbocycles. The largest absolute Gasteiger partial charge is 0.479 e. The summed E-state index contributed by atoms with van der Waals surface area (Å²) in [5, 5.41) is 17.2. The molecule has 3 heterocycles. The summed E-state index contributed by atoms with van der Waals surface area (Å²) in [4.78, 5) is 11.5. The maximum absolute atomic E-state index is 15.9. The first-order valence-electron chi connectivity index (χ1n) is 10.6. The van der Waals surface area contributed by atoms with Crippen LogP contribution in [0.4, 0.5) is 8.78 Å². The Morgan fingerprint density at radius 2 is 2.09 bits per heavy atom. The van der Waals surface area contributed by atoms with E-state index in [1.165, 1.54) is 6.07 Å². The van der Waals surface area contributed by atoms with Gasteiger partial charge >= 0.3 is 5.97 Å². The van der Waals surface area contributed by atoms with E-state index in [1.54, 1.807) is 25.3 Å². The Morgan fingerprint density at radius 3 is 2.75 bits per heavy atom. The van der Waals surface area contributed by atoms with Crippen LogP contribution in [-0.2, 0) is 9.53 Å². The molecule has 1 fully saturated rings. The number of benzene rings is 2. The van der Waals surface area contributed by atoms with E-state index in [0.29, 0.717) is 27.4 Å². The van der Waals surface area contributed by atoms with Gasteiger partial charge in [0.1, 0.15) is 11.3 Å². The lowest BCUT2D eigenvalue weighted by atomic mass is 9.89. The number of nitrogens with one attached hydrogen (secondary N) is 1. The second kappa shape index (κ2) is 7.41. The molecule has 8 heteroatoms. The van der Waals surface area contributed by atoms with Gasteiger partial charge in [-0.25, -0.2) is 13.6 Å². The summed E-state index contributed by atoms with van der Waals surface area (Å²) in [6.45, 7) is 5.91. The normalized spacial score (nSPS) is 18.9. The van der Waals surface area contributed by atoms with Crippen molar-refractivity contribution < 1.29 is 23.4 Å². The van der Waals surface area contributed by atoms with Crippen LogP contribution in [0.1, 0.15) is 48.9 Å². The van der Waals surface area contributed by atoms with Gasteiger partial charge in [-0.1, -0.05) is 13.8 Å². The summed E-state index contributed by atoms with van der Waals surface area (Å²) >= 11 is 0. The molecular formula is C24H23F2N3O3. The van der Waals surface area contributed by atoms with E-state index in [9.17, 15) is 14.3 Å². The third kappa shape index (κ3) is 3.01. The number of carboxylic acids is 1. The second-order valence-electron chi connectivity index (χ2n) is 8.73. The van der Waals surface area contributed by atoms with Gasteiger partial charge in [-0.2, -0.15) is 5.10 Å². The first kappa shape index (κ1) is 20.6. The van der Waals surface area contributed by atoms with E-state index in [-0.39, 0.29) is 30.7 Å². The van der Waals surface area contributed by atoms with Crippen molar-refractivity contribution in [2.45, 2.75) is 45.1 Å². The second-order valence-corrected chi connectivity index (χ2v) is 8.73. The maximum atomic E-state index is 15.9. The molecule has 0 aliphatic carbocycles. The Kier molecular flexibility index (Phi) is 4.78. The Balaban J connectivity index is 1.88. The lowest BCUT2D eigenvalue weighted by molar-refractivity contribution is -0.147. The van der Waals surface area contributed by atoms with Crippen LogP contribution in [0, 0.1) is 18.6 Å². The van der Waals surface area contributed by atoms with E-state index >= 15 is 4.39 Å². The van der Waals surface area contributed by atoms with E-state index in [0.717, 1.165) is 16.9 Å². The molecule has 166 valence electrons. The molecular weight excluding hydrogens is 416 g/mol. The van der Waals surface area contributed by atoms with Crippen molar-refractivity contribution in [2.75, 3.05) is 6.61 Å². The number of H-pyrrole nitrogens is 1. The average Bonchev–Trinajstić information content (AvgIpc) is 3.46. The number of aliphatic carboxylic acids is 1. The minimum absolute atomic E-state index is 0.0116. The minimum atomic E-state index is -1.02. The first-order chi connectivity index (χ1) is 15.3. The molecule has 1 saturated heterocycles. The van der Waals surface area contributed by atoms with Crippen LogP contribution in [0.5, 0.6) is 0 Å². The van der Waals surface area contributed by atoms with Gasteiger partial charge in [-0.3, -0.25) is 5.10 Å². The van der Waals surface area contributed by atoms with E-state index in [4.69, 9.17) is 4.74 Å². The molecule has 2 atom stereocenters. The van der Waals surface area contributed by atoms with E-state index < -0.39 is 17.9 Å². The van der Waals surface area contributed by atoms with Gasteiger partial charge in [0.2, 0.25) is 0 Å². The number of aromatic amines is 1. The summed E-state index contributed by atoms with van der Waals surface area (Å²) in [7, 11) is 0. The minimum Gasteiger partial charge on any atom is -0.479 e. The van der Waals surface area contributed by atoms with Crippen molar-refractivity contribution in [1.29, 1.82) is 0 Å². The molecule has 0 amide bonds. The highest BCUT2D eigenvalue weighted by Crippen LogP contribution is 2.44. The average molecular weight is 439 g/mol. The van der Waals surface area contributed by atoms with Crippen molar-refractivity contribution in [3.8, 4) is 5.69 Å². The molecule has 1 aliphatic rings. The van der Waals surface area contributed by atoms with Crippen molar-refractivity contribution in [2.24, 2.45) is 0 Å². The number of halogens is 2. The molecule has 32 heavy (non-hydrogen) atoms. The summed E-state index contributed by atoms with van der Waals surface area (Å²) in [5.41, 5.74) is 3.76. The van der Waals surface area contributed by atoms with Gasteiger partial charge in [0.05, 0.1) is 18.3 Å². The van der Waals surface area contributed by atoms with Crippen LogP contribution >= 0.6 is 0 Å². The highest BCUT2D eigenvalue weighted by atomic mass is 19.1. The molecule has 2 N–H and O–H groups in total. The molecule has 6 nitrogen and oxygen atoms in total. The molecule has 1 aliphatic heterocycles. The number of hydrogen-bond donors (Lipinski definition) is 2. The number of carbonyl (C=O) groups is 1. The van der Waals surface area contributed by atoms with Gasteiger partial charge in [-0.15, -0.1) is 0 Å². The predicted molar refractivity (Wildman–Crippen MR) is 116 cm³/mol. The summed E-state index contributed by atoms with van der Waals surface area (Å²) < 4.78 is 37.4. The highest BCUT2D eigenvalue weighted by molar-refractivity contribution is 6.00. The van der Waals surface area contributed by atoms with Crippen LogP contribution in [0.15, 0.2) is 30.5 Å². The molecule has 0 radical (unpaired) electrons. The van der Waals surface area contributed by atoms with Gasteiger partial charge in [0.25, 0.3) is 0 Å². The SMILES string of the molecule is Cc1cc(-n2c(C(C)C)c([C@@H]3COC(C(=O)O)C3)c3c(F)c4[nH]ncc4cc32)ccc1F. The fourth-order valence-electron chi connectivity index (χ4n) is 4.88. The van der Waals surface area contributed by atoms with Gasteiger partial charge in [0.15, 0.2) is 11.9 Å². The van der Waals surface area contributed by atoms with Gasteiger partial charge < -0.3 is 14.4 Å². The van der Waals surface area contributed by atoms with Crippen LogP contribution in [0.2, 0.25) is 0 Å². The summed E-state index contributed by atoms with van der Waals surface area (Å²) in [5.74, 6) is -2.05. The van der Waals surface area contributed by atoms with Crippen LogP contribution in [0.3, 0.4) is 0 Å². The standard InChI is InChI=1S/C24H23F2N3O3/c1-11(2)23-19(14-8-18(24(30)31)32-10-14)20-17(7-13-9-27-28-22(13)21(20)26)29(23)15-4-5-16(25)12(3)6-15/h4-7,9,11,14,18H,8,10H2,1-3H3,(H,27,28)(H,30,31)/t14-,18?/m0/s1. The number of aromatic nitrogens is 3. The monoisotopic (exact) mass is 439 g/mol. The van der Waals surface area contributed by atoms with Crippen molar-refractivity contribution >= 4 is 27.8 Å². The fourth-order valence-corrected chi connectivity index (χ4v) is 4.88. The number of aryl methyl sites for hydroxylation is 1. The Hall–Kier alpha value is -3.26. The number of rotatable bonds is 4. The third-order valence-electron chi connectivity index (χ3n) is 6.31. The quantitative estimate of drug-likeness (QED) is 0.460. The van der Waals surface area contributed by atoms with Crippen LogP contribution in [-0.4, -0.2) is 38.6 Å². The lowest BCUT2D eigenvalue weighted by Crippen LogP contribution is -2.18. The number of fused-ring (bicyclic) bond motifs is 2. The summed E-state index contributed by atoms with van der Waals surface area (Å²) in [6, 6.07) is 6.70. The van der Waals surface area contributed by atoms with Crippen LogP contribution in [0.25, 0.3) is 27.5 Å².